The Morgan fingerprint density at radius 3 is 1.81 bits per heavy atom. The molecule has 0 radical (unpaired) electrons. The van der Waals surface area contributed by atoms with E-state index in [2.05, 4.69) is 42.7 Å². The van der Waals surface area contributed by atoms with Gasteiger partial charge in [0.1, 0.15) is 24.2 Å². The Hall–Kier alpha value is -2.75. The van der Waals surface area contributed by atoms with Crippen molar-refractivity contribution < 1.29 is 18.7 Å². The highest BCUT2D eigenvalue weighted by Crippen LogP contribution is 2.33. The van der Waals surface area contributed by atoms with Crippen molar-refractivity contribution in [3.63, 3.8) is 0 Å². The number of benzene rings is 1. The molecule has 2 fully saturated rings. The number of nitrogen functional groups attached to an aromatic ring is 1. The first-order valence-electron chi connectivity index (χ1n) is 12.4. The third kappa shape index (κ3) is 8.72. The Morgan fingerprint density at radius 1 is 0.944 bits per heavy atom. The van der Waals surface area contributed by atoms with Gasteiger partial charge in [-0.2, -0.15) is 0 Å². The molecule has 0 unspecified atom stereocenters. The molecule has 4 rings (SSSR count). The second-order valence-corrected chi connectivity index (χ2v) is 10.1. The lowest BCUT2D eigenvalue weighted by Crippen LogP contribution is -2.39. The zero-order valence-corrected chi connectivity index (χ0v) is 22.2. The molecule has 0 aliphatic carbocycles. The summed E-state index contributed by atoms with van der Waals surface area (Å²) in [6.45, 7) is 17.3. The van der Waals surface area contributed by atoms with Crippen LogP contribution in [0.1, 0.15) is 32.8 Å². The van der Waals surface area contributed by atoms with Crippen molar-refractivity contribution >= 4 is 24.1 Å². The first-order chi connectivity index (χ1) is 17.2. The van der Waals surface area contributed by atoms with Gasteiger partial charge in [-0.1, -0.05) is 20.8 Å². The SMILES string of the molecule is C=O.CC(C)(C)CCN.Cc1cc(F)c(N)cc1-c1cc(N2CCOCC2)nc(N2CCOCC2)c1. The quantitative estimate of drug-likeness (QED) is 0.609. The van der Waals surface area contributed by atoms with E-state index in [0.717, 1.165) is 67.5 Å². The molecule has 0 amide bonds. The van der Waals surface area contributed by atoms with Crippen molar-refractivity contribution in [2.45, 2.75) is 34.1 Å². The van der Waals surface area contributed by atoms with Crippen LogP contribution in [0, 0.1) is 18.2 Å². The molecule has 3 heterocycles. The summed E-state index contributed by atoms with van der Waals surface area (Å²) in [7, 11) is 0. The number of nitrogens with zero attached hydrogens (tertiary/aromatic N) is 3. The molecule has 0 bridgehead atoms. The maximum Gasteiger partial charge on any atom is 0.146 e. The predicted octanol–water partition coefficient (Wildman–Crippen LogP) is 3.65. The van der Waals surface area contributed by atoms with Crippen LogP contribution in [-0.4, -0.2) is 70.9 Å². The van der Waals surface area contributed by atoms with Gasteiger partial charge in [-0.25, -0.2) is 9.37 Å². The maximum atomic E-state index is 13.8. The smallest absolute Gasteiger partial charge is 0.146 e. The summed E-state index contributed by atoms with van der Waals surface area (Å²) in [5, 5.41) is 0. The van der Waals surface area contributed by atoms with Crippen LogP contribution in [0.15, 0.2) is 24.3 Å². The summed E-state index contributed by atoms with van der Waals surface area (Å²) < 4.78 is 24.8. The predicted molar refractivity (Wildman–Crippen MR) is 145 cm³/mol. The van der Waals surface area contributed by atoms with E-state index < -0.39 is 0 Å². The van der Waals surface area contributed by atoms with Crippen LogP contribution in [0.5, 0.6) is 0 Å². The van der Waals surface area contributed by atoms with Gasteiger partial charge in [-0.15, -0.1) is 0 Å². The molecule has 0 saturated carbocycles. The first kappa shape index (κ1) is 29.5. The van der Waals surface area contributed by atoms with Crippen LogP contribution < -0.4 is 21.3 Å². The summed E-state index contributed by atoms with van der Waals surface area (Å²) in [5.41, 5.74) is 14.5. The van der Waals surface area contributed by atoms with E-state index in [1.54, 1.807) is 6.07 Å². The number of carbonyl (C=O) groups is 1. The monoisotopic (exact) mass is 503 g/mol. The van der Waals surface area contributed by atoms with Gasteiger partial charge in [-0.05, 0) is 66.3 Å². The topological polar surface area (TPSA) is 107 Å². The number of rotatable bonds is 4. The number of morpholine rings is 2. The summed E-state index contributed by atoms with van der Waals surface area (Å²) in [4.78, 5) is 17.4. The number of carbonyl (C=O) groups excluding carboxylic acids is 1. The summed E-state index contributed by atoms with van der Waals surface area (Å²) in [6.07, 6.45) is 1.12. The van der Waals surface area contributed by atoms with Gasteiger partial charge in [-0.3, -0.25) is 0 Å². The lowest BCUT2D eigenvalue weighted by molar-refractivity contribution is -0.0980. The van der Waals surface area contributed by atoms with Crippen LogP contribution in [0.4, 0.5) is 21.7 Å². The van der Waals surface area contributed by atoms with Crippen LogP contribution in [-0.2, 0) is 14.3 Å². The van der Waals surface area contributed by atoms with Crippen molar-refractivity contribution in [3.8, 4) is 11.1 Å². The molecule has 1 aromatic carbocycles. The van der Waals surface area contributed by atoms with E-state index in [1.165, 1.54) is 6.07 Å². The number of ether oxygens (including phenoxy) is 2. The molecule has 36 heavy (non-hydrogen) atoms. The largest absolute Gasteiger partial charge is 0.396 e. The fourth-order valence-electron chi connectivity index (χ4n) is 4.00. The van der Waals surface area contributed by atoms with Crippen molar-refractivity contribution in [2.24, 2.45) is 11.1 Å². The van der Waals surface area contributed by atoms with Gasteiger partial charge < -0.3 is 35.5 Å². The molecular formula is C27H42FN5O3. The third-order valence-electron chi connectivity index (χ3n) is 6.02. The number of nitrogens with two attached hydrogens (primary N) is 2. The number of aryl methyl sites for hydroxylation is 1. The van der Waals surface area contributed by atoms with Crippen molar-refractivity contribution in [1.29, 1.82) is 0 Å². The lowest BCUT2D eigenvalue weighted by Gasteiger charge is -2.32. The van der Waals surface area contributed by atoms with Crippen molar-refractivity contribution in [3.05, 3.63) is 35.6 Å². The third-order valence-corrected chi connectivity index (χ3v) is 6.02. The van der Waals surface area contributed by atoms with E-state index in [1.807, 2.05) is 13.7 Å². The number of aromatic nitrogens is 1. The normalized spacial score (nSPS) is 15.9. The number of anilines is 3. The number of hydrogen-bond donors (Lipinski definition) is 2. The Balaban J connectivity index is 0.000000440. The van der Waals surface area contributed by atoms with Crippen LogP contribution in [0.2, 0.25) is 0 Å². The molecule has 2 aliphatic rings. The second-order valence-electron chi connectivity index (χ2n) is 10.1. The highest BCUT2D eigenvalue weighted by atomic mass is 19.1. The summed E-state index contributed by atoms with van der Waals surface area (Å²) in [6, 6.07) is 7.34. The van der Waals surface area contributed by atoms with Crippen LogP contribution in [0.3, 0.4) is 0 Å². The Morgan fingerprint density at radius 2 is 1.42 bits per heavy atom. The molecular weight excluding hydrogens is 461 g/mol. The molecule has 4 N–H and O–H groups in total. The van der Waals surface area contributed by atoms with Gasteiger partial charge in [0.2, 0.25) is 0 Å². The lowest BCUT2D eigenvalue weighted by atomic mass is 9.93. The highest BCUT2D eigenvalue weighted by Gasteiger charge is 2.19. The maximum absolute atomic E-state index is 13.8. The van der Waals surface area contributed by atoms with Gasteiger partial charge in [0, 0.05) is 26.2 Å². The summed E-state index contributed by atoms with van der Waals surface area (Å²) >= 11 is 0. The zero-order valence-electron chi connectivity index (χ0n) is 22.2. The van der Waals surface area contributed by atoms with Gasteiger partial charge in [0.15, 0.2) is 0 Å². The fraction of sp³-hybridized carbons (Fsp3) is 0.556. The average molecular weight is 504 g/mol. The zero-order chi connectivity index (χ0) is 26.7. The van der Waals surface area contributed by atoms with Crippen LogP contribution in [0.25, 0.3) is 11.1 Å². The molecule has 9 heteroatoms. The van der Waals surface area contributed by atoms with Crippen LogP contribution >= 0.6 is 0 Å². The minimum atomic E-state index is -0.382. The van der Waals surface area contributed by atoms with E-state index in [4.69, 9.17) is 30.7 Å². The molecule has 2 aromatic rings. The number of hydrogen-bond acceptors (Lipinski definition) is 8. The van der Waals surface area contributed by atoms with Crippen molar-refractivity contribution in [2.75, 3.05) is 74.7 Å². The van der Waals surface area contributed by atoms with Gasteiger partial charge >= 0.3 is 0 Å². The molecule has 1 aromatic heterocycles. The average Bonchev–Trinajstić information content (AvgIpc) is 2.88. The van der Waals surface area contributed by atoms with Crippen molar-refractivity contribution in [1.82, 2.24) is 4.98 Å². The van der Waals surface area contributed by atoms with E-state index in [9.17, 15) is 4.39 Å². The molecule has 0 spiro atoms. The van der Waals surface area contributed by atoms with E-state index >= 15 is 0 Å². The van der Waals surface area contributed by atoms with Gasteiger partial charge in [0.05, 0.1) is 32.1 Å². The number of halogens is 1. The molecule has 200 valence electrons. The number of pyridine rings is 1. The first-order valence-corrected chi connectivity index (χ1v) is 12.4. The molecule has 2 aliphatic heterocycles. The Bertz CT molecular complexity index is 919. The fourth-order valence-corrected chi connectivity index (χ4v) is 4.00. The Labute approximate surface area is 214 Å². The van der Waals surface area contributed by atoms with E-state index in [0.29, 0.717) is 31.8 Å². The highest BCUT2D eigenvalue weighted by molar-refractivity contribution is 5.76. The van der Waals surface area contributed by atoms with Gasteiger partial charge in [0.25, 0.3) is 0 Å². The summed E-state index contributed by atoms with van der Waals surface area (Å²) in [5.74, 6) is 1.45. The molecule has 8 nitrogen and oxygen atoms in total. The Kier molecular flexibility index (Phi) is 11.6. The molecule has 0 atom stereocenters. The second kappa shape index (κ2) is 14.1. The molecule has 2 saturated heterocycles. The standard InChI is InChI=1S/C20H25FN4O2.C6H15N.CH2O/c1-14-10-17(21)18(22)13-16(14)15-11-19(24-2-6-26-7-3-24)23-20(12-15)25-4-8-27-9-5-25;1-6(2,3)4-5-7;1-2/h10-13H,2-9,22H2,1H3;4-5,7H2,1-3H3;1H2. The minimum Gasteiger partial charge on any atom is -0.396 e. The minimum absolute atomic E-state index is 0.160. The van der Waals surface area contributed by atoms with E-state index in [-0.39, 0.29) is 11.5 Å².